The van der Waals surface area contributed by atoms with Gasteiger partial charge in [-0.2, -0.15) is 0 Å². The van der Waals surface area contributed by atoms with E-state index in [4.69, 9.17) is 17.6 Å². The minimum Gasteiger partial charge on any atom is -0.440 e. The molecular weight excluding hydrogens is 356 g/mol. The van der Waals surface area contributed by atoms with Crippen molar-refractivity contribution >= 4 is 21.9 Å². The van der Waals surface area contributed by atoms with Gasteiger partial charge in [0.2, 0.25) is 0 Å². The maximum Gasteiger partial charge on any atom is 0.198 e. The first-order chi connectivity index (χ1) is 16.3. The molecule has 0 unspecified atom stereocenters. The summed E-state index contributed by atoms with van der Waals surface area (Å²) in [6.45, 7) is -0.564. The SMILES string of the molecule is [2H]C([2H])([2H])c1cnc(-c2cccc3ccc4nc(C5CCC(C)(C)CC5)oc4c23)cc1C([2H])([2H])[2H]. The summed E-state index contributed by atoms with van der Waals surface area (Å²) in [5.41, 5.74) is 2.34. The lowest BCUT2D eigenvalue weighted by atomic mass is 9.73. The fourth-order valence-electron chi connectivity index (χ4n) is 4.41. The number of benzene rings is 2. The molecule has 0 spiro atoms. The van der Waals surface area contributed by atoms with Gasteiger partial charge in [0.1, 0.15) is 5.52 Å². The van der Waals surface area contributed by atoms with E-state index < -0.39 is 13.7 Å². The number of rotatable bonds is 2. The zero-order valence-electron chi connectivity index (χ0n) is 22.7. The van der Waals surface area contributed by atoms with Crippen LogP contribution in [0.25, 0.3) is 33.1 Å². The van der Waals surface area contributed by atoms with Crippen LogP contribution in [0.2, 0.25) is 0 Å². The van der Waals surface area contributed by atoms with Gasteiger partial charge in [-0.3, -0.25) is 4.98 Å². The van der Waals surface area contributed by atoms with Crippen molar-refractivity contribution in [2.45, 2.75) is 59.2 Å². The van der Waals surface area contributed by atoms with Gasteiger partial charge in [-0.15, -0.1) is 0 Å². The second-order valence-electron chi connectivity index (χ2n) is 8.92. The van der Waals surface area contributed by atoms with Crippen molar-refractivity contribution in [1.82, 2.24) is 9.97 Å². The minimum atomic E-state index is -2.59. The molecular formula is C26H28N2O. The van der Waals surface area contributed by atoms with Crippen LogP contribution >= 0.6 is 0 Å². The molecule has 3 nitrogen and oxygen atoms in total. The lowest BCUT2D eigenvalue weighted by Crippen LogP contribution is -2.20. The number of pyridine rings is 1. The summed E-state index contributed by atoms with van der Waals surface area (Å²) in [5.74, 6) is 1.02. The van der Waals surface area contributed by atoms with Crippen LogP contribution in [0.4, 0.5) is 0 Å². The predicted molar refractivity (Wildman–Crippen MR) is 119 cm³/mol. The third-order valence-corrected chi connectivity index (χ3v) is 6.28. The van der Waals surface area contributed by atoms with Gasteiger partial charge in [0.05, 0.1) is 5.69 Å². The summed E-state index contributed by atoms with van der Waals surface area (Å²) in [5, 5.41) is 1.71. The Kier molecular flexibility index (Phi) is 2.95. The first-order valence-corrected chi connectivity index (χ1v) is 10.2. The third kappa shape index (κ3) is 3.23. The van der Waals surface area contributed by atoms with Crippen molar-refractivity contribution in [2.75, 3.05) is 0 Å². The summed E-state index contributed by atoms with van der Waals surface area (Å²) >= 11 is 0. The van der Waals surface area contributed by atoms with Gasteiger partial charge < -0.3 is 4.42 Å². The molecule has 1 aliphatic rings. The molecule has 0 bridgehead atoms. The summed E-state index contributed by atoms with van der Waals surface area (Å²) in [6, 6.07) is 11.0. The Hall–Kier alpha value is -2.68. The van der Waals surface area contributed by atoms with Crippen molar-refractivity contribution in [3.63, 3.8) is 0 Å². The number of aryl methyl sites for hydroxylation is 2. The molecule has 148 valence electrons. The average Bonchev–Trinajstić information content (AvgIpc) is 3.21. The highest BCUT2D eigenvalue weighted by Gasteiger charge is 2.30. The number of hydrogen-bond acceptors (Lipinski definition) is 3. The zero-order chi connectivity index (χ0) is 25.2. The van der Waals surface area contributed by atoms with Gasteiger partial charge in [0.25, 0.3) is 0 Å². The Balaban J connectivity index is 1.67. The van der Waals surface area contributed by atoms with Crippen LogP contribution in [0.15, 0.2) is 47.0 Å². The van der Waals surface area contributed by atoms with Crippen LogP contribution in [-0.2, 0) is 0 Å². The van der Waals surface area contributed by atoms with Crippen LogP contribution in [0.5, 0.6) is 0 Å². The average molecular weight is 391 g/mol. The van der Waals surface area contributed by atoms with Gasteiger partial charge in [-0.25, -0.2) is 4.98 Å². The standard InChI is InChI=1S/C26H28N2O/c1-16-14-22(27-15-17(16)2)20-7-5-6-18-8-9-21-24(23(18)20)29-25(28-21)19-10-12-26(3,4)13-11-19/h5-9,14-15,19H,10-13H2,1-4H3/i1D3,2D3. The maximum atomic E-state index is 7.92. The Labute approximate surface area is 180 Å². The van der Waals surface area contributed by atoms with E-state index in [2.05, 4.69) is 18.8 Å². The highest BCUT2D eigenvalue weighted by Crippen LogP contribution is 2.43. The monoisotopic (exact) mass is 390 g/mol. The molecule has 0 radical (unpaired) electrons. The van der Waals surface area contributed by atoms with Crippen LogP contribution in [0, 0.1) is 19.1 Å². The van der Waals surface area contributed by atoms with Gasteiger partial charge >= 0.3 is 0 Å². The van der Waals surface area contributed by atoms with Gasteiger partial charge in [0, 0.05) is 31.3 Å². The topological polar surface area (TPSA) is 38.9 Å². The molecule has 0 N–H and O–H groups in total. The van der Waals surface area contributed by atoms with Gasteiger partial charge in [-0.1, -0.05) is 38.1 Å². The Morgan fingerprint density at radius 1 is 1.07 bits per heavy atom. The molecule has 0 aliphatic heterocycles. The number of aromatic nitrogens is 2. The Morgan fingerprint density at radius 3 is 2.69 bits per heavy atom. The molecule has 3 heteroatoms. The van der Waals surface area contributed by atoms with E-state index in [0.717, 1.165) is 47.9 Å². The Morgan fingerprint density at radius 2 is 1.90 bits per heavy atom. The van der Waals surface area contributed by atoms with Gasteiger partial charge in [0.15, 0.2) is 11.5 Å². The smallest absolute Gasteiger partial charge is 0.198 e. The van der Waals surface area contributed by atoms with E-state index in [0.29, 0.717) is 22.3 Å². The van der Waals surface area contributed by atoms with E-state index in [1.54, 1.807) is 0 Å². The van der Waals surface area contributed by atoms with E-state index in [-0.39, 0.29) is 17.0 Å². The fraction of sp³-hybridized carbons (Fsp3) is 0.385. The van der Waals surface area contributed by atoms with Crippen molar-refractivity contribution in [3.05, 3.63) is 59.6 Å². The maximum absolute atomic E-state index is 7.92. The predicted octanol–water partition coefficient (Wildman–Crippen LogP) is 7.34. The van der Waals surface area contributed by atoms with Crippen molar-refractivity contribution in [3.8, 4) is 11.3 Å². The van der Waals surface area contributed by atoms with E-state index in [1.165, 1.54) is 12.3 Å². The van der Waals surface area contributed by atoms with Crippen molar-refractivity contribution in [2.24, 2.45) is 5.41 Å². The van der Waals surface area contributed by atoms with E-state index >= 15 is 0 Å². The molecule has 29 heavy (non-hydrogen) atoms. The number of hydrogen-bond donors (Lipinski definition) is 0. The van der Waals surface area contributed by atoms with Crippen LogP contribution in [0.3, 0.4) is 0 Å². The minimum absolute atomic E-state index is 0.213. The molecule has 0 atom stereocenters. The molecule has 0 saturated heterocycles. The summed E-state index contributed by atoms with van der Waals surface area (Å²) in [6.07, 6.45) is 5.48. The molecule has 5 rings (SSSR count). The normalized spacial score (nSPS) is 21.2. The number of nitrogens with zero attached hydrogens (tertiary/aromatic N) is 2. The molecule has 1 aliphatic carbocycles. The molecule has 1 fully saturated rings. The van der Waals surface area contributed by atoms with Crippen LogP contribution in [0.1, 0.15) is 70.7 Å². The second kappa shape index (κ2) is 6.69. The van der Waals surface area contributed by atoms with Crippen LogP contribution in [-0.4, -0.2) is 9.97 Å². The molecule has 2 aromatic heterocycles. The third-order valence-electron chi connectivity index (χ3n) is 6.28. The number of fused-ring (bicyclic) bond motifs is 3. The summed E-state index contributed by atoms with van der Waals surface area (Å²) in [4.78, 5) is 9.21. The van der Waals surface area contributed by atoms with Crippen molar-refractivity contribution in [1.29, 1.82) is 0 Å². The quantitative estimate of drug-likeness (QED) is 0.359. The first kappa shape index (κ1) is 12.8. The lowest BCUT2D eigenvalue weighted by Gasteiger charge is -2.32. The Bertz CT molecular complexity index is 1410. The highest BCUT2D eigenvalue weighted by atomic mass is 16.3. The lowest BCUT2D eigenvalue weighted by molar-refractivity contribution is 0.211. The first-order valence-electron chi connectivity index (χ1n) is 13.2. The van der Waals surface area contributed by atoms with Gasteiger partial charge in [-0.05, 0) is 73.4 Å². The molecule has 2 aromatic carbocycles. The number of oxazole rings is 1. The fourth-order valence-corrected chi connectivity index (χ4v) is 4.41. The molecule has 2 heterocycles. The van der Waals surface area contributed by atoms with Crippen molar-refractivity contribution < 1.29 is 12.6 Å². The second-order valence-corrected chi connectivity index (χ2v) is 8.92. The van der Waals surface area contributed by atoms with E-state index in [1.807, 2.05) is 30.3 Å². The summed E-state index contributed by atoms with van der Waals surface area (Å²) < 4.78 is 53.4. The summed E-state index contributed by atoms with van der Waals surface area (Å²) in [7, 11) is 0. The zero-order valence-corrected chi connectivity index (χ0v) is 16.7. The highest BCUT2D eigenvalue weighted by molar-refractivity contribution is 6.10. The molecule has 1 saturated carbocycles. The van der Waals surface area contributed by atoms with Crippen LogP contribution < -0.4 is 0 Å². The molecule has 4 aromatic rings. The van der Waals surface area contributed by atoms with E-state index in [9.17, 15) is 0 Å². The molecule has 0 amide bonds. The largest absolute Gasteiger partial charge is 0.440 e.